The third-order valence-electron chi connectivity index (χ3n) is 4.92. The molecule has 2 aromatic carbocycles. The largest absolute Gasteiger partial charge is 0.370 e. The first-order chi connectivity index (χ1) is 11.2. The van der Waals surface area contributed by atoms with Gasteiger partial charge in [0.15, 0.2) is 0 Å². The van der Waals surface area contributed by atoms with Crippen molar-refractivity contribution in [1.82, 2.24) is 5.32 Å². The number of benzene rings is 2. The second-order valence-electron chi connectivity index (χ2n) is 6.82. The zero-order chi connectivity index (χ0) is 16.1. The molecule has 2 heteroatoms. The van der Waals surface area contributed by atoms with E-state index in [0.29, 0.717) is 6.04 Å². The predicted molar refractivity (Wildman–Crippen MR) is 98.9 cm³/mol. The van der Waals surface area contributed by atoms with Crippen molar-refractivity contribution in [3.8, 4) is 0 Å². The molecule has 1 N–H and O–H groups in total. The zero-order valence-corrected chi connectivity index (χ0v) is 14.3. The smallest absolute Gasteiger partial charge is 0.0369 e. The van der Waals surface area contributed by atoms with Gasteiger partial charge in [0, 0.05) is 31.4 Å². The van der Waals surface area contributed by atoms with Crippen LogP contribution in [0.5, 0.6) is 0 Å². The van der Waals surface area contributed by atoms with Gasteiger partial charge in [-0.05, 0) is 42.5 Å². The highest BCUT2D eigenvalue weighted by Crippen LogP contribution is 2.26. The summed E-state index contributed by atoms with van der Waals surface area (Å²) < 4.78 is 0. The van der Waals surface area contributed by atoms with Gasteiger partial charge in [-0.15, -0.1) is 0 Å². The summed E-state index contributed by atoms with van der Waals surface area (Å²) in [4.78, 5) is 2.56. The monoisotopic (exact) mass is 308 g/mol. The van der Waals surface area contributed by atoms with Crippen LogP contribution in [0.25, 0.3) is 0 Å². The van der Waals surface area contributed by atoms with Crippen molar-refractivity contribution in [3.63, 3.8) is 0 Å². The van der Waals surface area contributed by atoms with E-state index in [4.69, 9.17) is 0 Å². The Hall–Kier alpha value is -1.80. The third-order valence-corrected chi connectivity index (χ3v) is 4.92. The van der Waals surface area contributed by atoms with Gasteiger partial charge < -0.3 is 10.2 Å². The van der Waals surface area contributed by atoms with Crippen LogP contribution < -0.4 is 10.2 Å². The van der Waals surface area contributed by atoms with Crippen LogP contribution >= 0.6 is 0 Å². The van der Waals surface area contributed by atoms with E-state index in [1.807, 2.05) is 0 Å². The normalized spacial score (nSPS) is 21.4. The van der Waals surface area contributed by atoms with Gasteiger partial charge in [-0.3, -0.25) is 0 Å². The van der Waals surface area contributed by atoms with E-state index in [2.05, 4.69) is 78.7 Å². The summed E-state index contributed by atoms with van der Waals surface area (Å²) in [7, 11) is 0. The maximum absolute atomic E-state index is 3.77. The number of nitrogens with one attached hydrogen (secondary N) is 1. The van der Waals surface area contributed by atoms with E-state index in [0.717, 1.165) is 19.0 Å². The van der Waals surface area contributed by atoms with Crippen LogP contribution in [-0.4, -0.2) is 19.1 Å². The number of aryl methyl sites for hydroxylation is 1. The van der Waals surface area contributed by atoms with E-state index in [9.17, 15) is 0 Å². The van der Waals surface area contributed by atoms with Crippen molar-refractivity contribution in [3.05, 3.63) is 65.7 Å². The first-order valence-electron chi connectivity index (χ1n) is 8.83. The van der Waals surface area contributed by atoms with Crippen LogP contribution in [0.2, 0.25) is 0 Å². The first-order valence-corrected chi connectivity index (χ1v) is 8.83. The molecule has 1 saturated heterocycles. The van der Waals surface area contributed by atoms with Crippen LogP contribution in [0, 0.1) is 12.8 Å². The molecule has 1 heterocycles. The molecule has 0 aliphatic carbocycles. The quantitative estimate of drug-likeness (QED) is 0.881. The molecule has 122 valence electrons. The summed E-state index contributed by atoms with van der Waals surface area (Å²) in [5.41, 5.74) is 4.08. The van der Waals surface area contributed by atoms with E-state index < -0.39 is 0 Å². The summed E-state index contributed by atoms with van der Waals surface area (Å²) in [6, 6.07) is 20.2. The van der Waals surface area contributed by atoms with Gasteiger partial charge in [-0.25, -0.2) is 0 Å². The number of rotatable bonds is 5. The summed E-state index contributed by atoms with van der Waals surface area (Å²) in [5, 5.41) is 3.77. The Balaban J connectivity index is 1.66. The summed E-state index contributed by atoms with van der Waals surface area (Å²) in [6.45, 7) is 7.74. The molecule has 1 aliphatic heterocycles. The molecule has 23 heavy (non-hydrogen) atoms. The topological polar surface area (TPSA) is 15.3 Å². The second kappa shape index (κ2) is 7.65. The Labute approximate surface area is 140 Å². The Kier molecular flexibility index (Phi) is 5.35. The maximum Gasteiger partial charge on any atom is 0.0369 e. The average Bonchev–Trinajstić information content (AvgIpc) is 2.60. The van der Waals surface area contributed by atoms with Gasteiger partial charge in [0.05, 0.1) is 0 Å². The summed E-state index contributed by atoms with van der Waals surface area (Å²) >= 11 is 0. The van der Waals surface area contributed by atoms with Gasteiger partial charge in [-0.1, -0.05) is 55.8 Å². The minimum atomic E-state index is 0.564. The predicted octanol–water partition coefficient (Wildman–Crippen LogP) is 4.39. The molecule has 0 bridgehead atoms. The fourth-order valence-corrected chi connectivity index (χ4v) is 3.54. The standard InChI is InChI=1S/C21H28N2/c1-3-18-13-20(22-14-19-9-5-4-6-10-19)16-23(15-18)21-11-7-8-17(2)12-21/h4-12,18,20,22H,3,13-16H2,1-2H3. The third kappa shape index (κ3) is 4.35. The Morgan fingerprint density at radius 2 is 1.87 bits per heavy atom. The van der Waals surface area contributed by atoms with Crippen molar-refractivity contribution in [2.24, 2.45) is 5.92 Å². The summed E-state index contributed by atoms with van der Waals surface area (Å²) in [5.74, 6) is 0.775. The minimum absolute atomic E-state index is 0.564. The molecule has 0 spiro atoms. The number of nitrogens with zero attached hydrogens (tertiary/aromatic N) is 1. The molecule has 3 rings (SSSR count). The Bertz CT molecular complexity index is 608. The molecule has 0 saturated carbocycles. The van der Waals surface area contributed by atoms with Crippen molar-refractivity contribution in [2.45, 2.75) is 39.3 Å². The lowest BCUT2D eigenvalue weighted by Gasteiger charge is -2.39. The van der Waals surface area contributed by atoms with Crippen molar-refractivity contribution < 1.29 is 0 Å². The summed E-state index contributed by atoms with van der Waals surface area (Å²) in [6.07, 6.45) is 2.54. The molecule has 2 nitrogen and oxygen atoms in total. The van der Waals surface area contributed by atoms with E-state index in [1.165, 1.54) is 36.2 Å². The zero-order valence-electron chi connectivity index (χ0n) is 14.3. The molecular weight excluding hydrogens is 280 g/mol. The molecule has 1 fully saturated rings. The SMILES string of the molecule is CCC1CC(NCc2ccccc2)CN(c2cccc(C)c2)C1. The fraction of sp³-hybridized carbons (Fsp3) is 0.429. The Morgan fingerprint density at radius 3 is 2.61 bits per heavy atom. The van der Waals surface area contributed by atoms with Gasteiger partial charge in [0.2, 0.25) is 0 Å². The molecule has 2 aromatic rings. The van der Waals surface area contributed by atoms with E-state index in [1.54, 1.807) is 0 Å². The number of piperidine rings is 1. The van der Waals surface area contributed by atoms with Crippen LogP contribution in [0.4, 0.5) is 5.69 Å². The van der Waals surface area contributed by atoms with Crippen molar-refractivity contribution in [2.75, 3.05) is 18.0 Å². The first kappa shape index (κ1) is 16.1. The van der Waals surface area contributed by atoms with E-state index in [-0.39, 0.29) is 0 Å². The van der Waals surface area contributed by atoms with Crippen LogP contribution in [0.3, 0.4) is 0 Å². The minimum Gasteiger partial charge on any atom is -0.370 e. The van der Waals surface area contributed by atoms with Gasteiger partial charge in [-0.2, -0.15) is 0 Å². The molecular formula is C21H28N2. The molecule has 0 amide bonds. The highest BCUT2D eigenvalue weighted by atomic mass is 15.2. The van der Waals surface area contributed by atoms with E-state index >= 15 is 0 Å². The number of hydrogen-bond donors (Lipinski definition) is 1. The van der Waals surface area contributed by atoms with Crippen molar-refractivity contribution in [1.29, 1.82) is 0 Å². The second-order valence-corrected chi connectivity index (χ2v) is 6.82. The van der Waals surface area contributed by atoms with Crippen molar-refractivity contribution >= 4 is 5.69 Å². The lowest BCUT2D eigenvalue weighted by Crippen LogP contribution is -2.49. The average molecular weight is 308 g/mol. The lowest BCUT2D eigenvalue weighted by atomic mass is 9.91. The highest BCUT2D eigenvalue weighted by molar-refractivity contribution is 5.49. The Morgan fingerprint density at radius 1 is 1.04 bits per heavy atom. The fourth-order valence-electron chi connectivity index (χ4n) is 3.54. The molecule has 1 aliphatic rings. The van der Waals surface area contributed by atoms with Crippen LogP contribution in [0.1, 0.15) is 30.9 Å². The molecule has 2 unspecified atom stereocenters. The molecule has 0 aromatic heterocycles. The number of anilines is 1. The van der Waals surface area contributed by atoms with Crippen LogP contribution in [-0.2, 0) is 6.54 Å². The number of hydrogen-bond acceptors (Lipinski definition) is 2. The molecule has 2 atom stereocenters. The molecule has 0 radical (unpaired) electrons. The highest BCUT2D eigenvalue weighted by Gasteiger charge is 2.26. The van der Waals surface area contributed by atoms with Crippen LogP contribution in [0.15, 0.2) is 54.6 Å². The van der Waals surface area contributed by atoms with Gasteiger partial charge in [0.25, 0.3) is 0 Å². The maximum atomic E-state index is 3.77. The lowest BCUT2D eigenvalue weighted by molar-refractivity contribution is 0.325. The van der Waals surface area contributed by atoms with Gasteiger partial charge in [0.1, 0.15) is 0 Å². The van der Waals surface area contributed by atoms with Gasteiger partial charge >= 0.3 is 0 Å².